The third kappa shape index (κ3) is 2.66. The van der Waals surface area contributed by atoms with Gasteiger partial charge in [0.1, 0.15) is 12.4 Å². The molecule has 0 aliphatic rings. The molecule has 2 aromatic rings. The van der Waals surface area contributed by atoms with Crippen LogP contribution in [0.25, 0.3) is 0 Å². The molecule has 0 aliphatic heterocycles. The quantitative estimate of drug-likeness (QED) is 0.853. The fraction of sp³-hybridized carbons (Fsp3) is 0.0909. The number of hydrogen-bond acceptors (Lipinski definition) is 2. The number of aromatic nitrogens is 2. The van der Waals surface area contributed by atoms with Crippen LogP contribution in [0.3, 0.4) is 0 Å². The fourth-order valence-electron chi connectivity index (χ4n) is 1.31. The Labute approximate surface area is 91.7 Å². The van der Waals surface area contributed by atoms with Crippen LogP contribution in [0.2, 0.25) is 0 Å². The number of carbonyl (C=O) groups excluding carboxylic acids is 1. The molecule has 1 aromatic heterocycles. The number of amides is 1. The third-order valence-electron chi connectivity index (χ3n) is 1.97. The molecule has 0 fully saturated rings. The van der Waals surface area contributed by atoms with E-state index in [1.165, 1.54) is 16.8 Å². The Morgan fingerprint density at radius 3 is 3.00 bits per heavy atom. The van der Waals surface area contributed by atoms with Crippen LogP contribution in [0.4, 0.5) is 10.1 Å². The standard InChI is InChI=1S/C11H10FN3O/c12-9-3-1-4-10(7-9)14-11(16)8-15-6-2-5-13-15/h1-7H,8H2,(H,14,16). The minimum atomic E-state index is -0.378. The van der Waals surface area contributed by atoms with Gasteiger partial charge in [0.15, 0.2) is 0 Å². The number of halogens is 1. The maximum absolute atomic E-state index is 12.8. The molecule has 0 saturated heterocycles. The van der Waals surface area contributed by atoms with Gasteiger partial charge in [-0.05, 0) is 24.3 Å². The number of rotatable bonds is 3. The summed E-state index contributed by atoms with van der Waals surface area (Å²) < 4.78 is 14.3. The molecule has 0 radical (unpaired) electrons. The highest BCUT2D eigenvalue weighted by Crippen LogP contribution is 2.08. The second-order valence-corrected chi connectivity index (χ2v) is 3.26. The average Bonchev–Trinajstić information content (AvgIpc) is 2.70. The van der Waals surface area contributed by atoms with Crippen molar-refractivity contribution in [2.75, 3.05) is 5.32 Å². The van der Waals surface area contributed by atoms with Gasteiger partial charge >= 0.3 is 0 Å². The van der Waals surface area contributed by atoms with Crippen LogP contribution in [-0.2, 0) is 11.3 Å². The van der Waals surface area contributed by atoms with Crippen LogP contribution in [-0.4, -0.2) is 15.7 Å². The summed E-state index contributed by atoms with van der Waals surface area (Å²) in [5.74, 6) is -0.619. The molecule has 0 saturated carbocycles. The molecule has 0 aliphatic carbocycles. The summed E-state index contributed by atoms with van der Waals surface area (Å²) in [6.07, 6.45) is 3.28. The van der Waals surface area contributed by atoms with E-state index in [0.29, 0.717) is 5.69 Å². The zero-order chi connectivity index (χ0) is 11.4. The van der Waals surface area contributed by atoms with Gasteiger partial charge in [-0.15, -0.1) is 0 Å². The first-order valence-corrected chi connectivity index (χ1v) is 4.77. The van der Waals surface area contributed by atoms with Gasteiger partial charge in [0, 0.05) is 18.1 Å². The largest absolute Gasteiger partial charge is 0.324 e. The van der Waals surface area contributed by atoms with Gasteiger partial charge in [-0.1, -0.05) is 6.07 Å². The first kappa shape index (κ1) is 10.4. The number of benzene rings is 1. The van der Waals surface area contributed by atoms with E-state index < -0.39 is 0 Å². The zero-order valence-electron chi connectivity index (χ0n) is 8.43. The topological polar surface area (TPSA) is 46.9 Å². The fourth-order valence-corrected chi connectivity index (χ4v) is 1.31. The van der Waals surface area contributed by atoms with E-state index in [0.717, 1.165) is 0 Å². The molecule has 1 N–H and O–H groups in total. The van der Waals surface area contributed by atoms with Crippen molar-refractivity contribution < 1.29 is 9.18 Å². The summed E-state index contributed by atoms with van der Waals surface area (Å²) in [6, 6.07) is 7.49. The van der Waals surface area contributed by atoms with Crippen molar-refractivity contribution in [2.24, 2.45) is 0 Å². The minimum absolute atomic E-state index is 0.115. The summed E-state index contributed by atoms with van der Waals surface area (Å²) in [5, 5.41) is 6.48. The van der Waals surface area contributed by atoms with Crippen LogP contribution in [0.1, 0.15) is 0 Å². The van der Waals surface area contributed by atoms with Gasteiger partial charge < -0.3 is 5.32 Å². The number of hydrogen-bond donors (Lipinski definition) is 1. The maximum Gasteiger partial charge on any atom is 0.246 e. The van der Waals surface area contributed by atoms with Gasteiger partial charge in [-0.2, -0.15) is 5.10 Å². The van der Waals surface area contributed by atoms with Crippen molar-refractivity contribution in [3.63, 3.8) is 0 Å². The van der Waals surface area contributed by atoms with Gasteiger partial charge in [-0.25, -0.2) is 4.39 Å². The molecule has 1 heterocycles. The van der Waals surface area contributed by atoms with E-state index >= 15 is 0 Å². The van der Waals surface area contributed by atoms with Crippen LogP contribution >= 0.6 is 0 Å². The van der Waals surface area contributed by atoms with Crippen LogP contribution in [0, 0.1) is 5.82 Å². The molecular formula is C11H10FN3O. The van der Waals surface area contributed by atoms with Crippen molar-refractivity contribution in [1.29, 1.82) is 0 Å². The predicted octanol–water partition coefficient (Wildman–Crippen LogP) is 1.66. The Morgan fingerprint density at radius 1 is 1.44 bits per heavy atom. The van der Waals surface area contributed by atoms with Crippen LogP contribution < -0.4 is 5.32 Å². The summed E-state index contributed by atoms with van der Waals surface area (Å²) in [7, 11) is 0. The highest BCUT2D eigenvalue weighted by Gasteiger charge is 2.03. The lowest BCUT2D eigenvalue weighted by molar-refractivity contribution is -0.116. The molecule has 2 rings (SSSR count). The van der Waals surface area contributed by atoms with Crippen molar-refractivity contribution in [3.8, 4) is 0 Å². The van der Waals surface area contributed by atoms with Crippen LogP contribution in [0.15, 0.2) is 42.7 Å². The first-order chi connectivity index (χ1) is 7.74. The van der Waals surface area contributed by atoms with Gasteiger partial charge in [-0.3, -0.25) is 9.48 Å². The molecular weight excluding hydrogens is 209 g/mol. The molecule has 0 atom stereocenters. The predicted molar refractivity (Wildman–Crippen MR) is 57.3 cm³/mol. The molecule has 0 unspecified atom stereocenters. The Balaban J connectivity index is 1.97. The average molecular weight is 219 g/mol. The molecule has 82 valence electrons. The lowest BCUT2D eigenvalue weighted by Crippen LogP contribution is -2.18. The van der Waals surface area contributed by atoms with Crippen molar-refractivity contribution >= 4 is 11.6 Å². The first-order valence-electron chi connectivity index (χ1n) is 4.77. The second-order valence-electron chi connectivity index (χ2n) is 3.26. The highest BCUT2D eigenvalue weighted by molar-refractivity contribution is 5.90. The summed E-state index contributed by atoms with van der Waals surface area (Å²) in [5.41, 5.74) is 0.442. The van der Waals surface area contributed by atoms with Crippen molar-refractivity contribution in [3.05, 3.63) is 48.5 Å². The smallest absolute Gasteiger partial charge is 0.246 e. The van der Waals surface area contributed by atoms with E-state index in [1.807, 2.05) is 0 Å². The second kappa shape index (κ2) is 4.57. The Hall–Kier alpha value is -2.17. The van der Waals surface area contributed by atoms with Crippen molar-refractivity contribution in [2.45, 2.75) is 6.54 Å². The molecule has 16 heavy (non-hydrogen) atoms. The third-order valence-corrected chi connectivity index (χ3v) is 1.97. The molecule has 5 heteroatoms. The minimum Gasteiger partial charge on any atom is -0.324 e. The molecule has 0 spiro atoms. The molecule has 1 aromatic carbocycles. The lowest BCUT2D eigenvalue weighted by atomic mass is 10.3. The molecule has 4 nitrogen and oxygen atoms in total. The Kier molecular flexibility index (Phi) is 2.95. The lowest BCUT2D eigenvalue weighted by Gasteiger charge is -2.05. The molecule has 0 bridgehead atoms. The van der Waals surface area contributed by atoms with Gasteiger partial charge in [0.05, 0.1) is 0 Å². The van der Waals surface area contributed by atoms with E-state index in [9.17, 15) is 9.18 Å². The van der Waals surface area contributed by atoms with E-state index in [2.05, 4.69) is 10.4 Å². The summed E-state index contributed by atoms with van der Waals surface area (Å²) in [4.78, 5) is 11.5. The number of carbonyl (C=O) groups is 1. The van der Waals surface area contributed by atoms with E-state index in [4.69, 9.17) is 0 Å². The zero-order valence-corrected chi connectivity index (χ0v) is 8.43. The summed E-state index contributed by atoms with van der Waals surface area (Å²) >= 11 is 0. The highest BCUT2D eigenvalue weighted by atomic mass is 19.1. The maximum atomic E-state index is 12.8. The monoisotopic (exact) mass is 219 g/mol. The van der Waals surface area contributed by atoms with Crippen molar-refractivity contribution in [1.82, 2.24) is 9.78 Å². The number of nitrogens with zero attached hydrogens (tertiary/aromatic N) is 2. The van der Waals surface area contributed by atoms with E-state index in [-0.39, 0.29) is 18.3 Å². The van der Waals surface area contributed by atoms with E-state index in [1.54, 1.807) is 30.6 Å². The Bertz CT molecular complexity index is 482. The number of anilines is 1. The molecule has 1 amide bonds. The Morgan fingerprint density at radius 2 is 2.31 bits per heavy atom. The SMILES string of the molecule is O=C(Cn1cccn1)Nc1cccc(F)c1. The van der Waals surface area contributed by atoms with Gasteiger partial charge in [0.25, 0.3) is 0 Å². The van der Waals surface area contributed by atoms with Crippen LogP contribution in [0.5, 0.6) is 0 Å². The van der Waals surface area contributed by atoms with Gasteiger partial charge in [0.2, 0.25) is 5.91 Å². The normalized spacial score (nSPS) is 10.1. The number of nitrogens with one attached hydrogen (secondary N) is 1. The summed E-state index contributed by atoms with van der Waals surface area (Å²) in [6.45, 7) is 0.115.